The molecule has 0 aliphatic heterocycles. The number of benzene rings is 2. The van der Waals surface area contributed by atoms with Crippen molar-refractivity contribution in [1.82, 2.24) is 5.32 Å². The zero-order chi connectivity index (χ0) is 20.7. The SMILES string of the molecule is CCC(C(=O)NCCCc1ccccc1Cl)N(c1ccc(Cl)cc1)S(C)(=O)=O. The smallest absolute Gasteiger partial charge is 0.243 e. The Bertz CT molecular complexity index is 902. The number of amides is 1. The molecule has 0 aromatic heterocycles. The van der Waals surface area contributed by atoms with Crippen molar-refractivity contribution < 1.29 is 13.2 Å². The largest absolute Gasteiger partial charge is 0.354 e. The van der Waals surface area contributed by atoms with Gasteiger partial charge in [0.05, 0.1) is 11.9 Å². The molecule has 1 atom stereocenters. The van der Waals surface area contributed by atoms with E-state index < -0.39 is 16.1 Å². The van der Waals surface area contributed by atoms with Crippen LogP contribution in [-0.2, 0) is 21.2 Å². The number of hydrogen-bond donors (Lipinski definition) is 1. The maximum atomic E-state index is 12.7. The fourth-order valence-corrected chi connectivity index (χ4v) is 4.53. The topological polar surface area (TPSA) is 66.5 Å². The van der Waals surface area contributed by atoms with Gasteiger partial charge < -0.3 is 5.32 Å². The second kappa shape index (κ2) is 10.1. The summed E-state index contributed by atoms with van der Waals surface area (Å²) in [5.41, 5.74) is 1.43. The summed E-state index contributed by atoms with van der Waals surface area (Å²) in [4.78, 5) is 12.7. The molecular formula is C20H24Cl2N2O3S. The lowest BCUT2D eigenvalue weighted by Gasteiger charge is -2.30. The Morgan fingerprint density at radius 2 is 1.75 bits per heavy atom. The first-order valence-electron chi connectivity index (χ1n) is 9.00. The van der Waals surface area contributed by atoms with E-state index in [1.54, 1.807) is 31.2 Å². The van der Waals surface area contributed by atoms with Crippen LogP contribution in [0.3, 0.4) is 0 Å². The van der Waals surface area contributed by atoms with Crippen LogP contribution in [0.4, 0.5) is 5.69 Å². The molecule has 0 bridgehead atoms. The summed E-state index contributed by atoms with van der Waals surface area (Å²) in [6.45, 7) is 2.21. The first-order valence-corrected chi connectivity index (χ1v) is 11.6. The molecule has 152 valence electrons. The zero-order valence-electron chi connectivity index (χ0n) is 15.9. The lowest BCUT2D eigenvalue weighted by molar-refractivity contribution is -0.122. The lowest BCUT2D eigenvalue weighted by Crippen LogP contribution is -2.49. The fourth-order valence-electron chi connectivity index (χ4n) is 2.96. The van der Waals surface area contributed by atoms with Gasteiger partial charge in [0.15, 0.2) is 0 Å². The third-order valence-electron chi connectivity index (χ3n) is 4.29. The van der Waals surface area contributed by atoms with Gasteiger partial charge in [-0.3, -0.25) is 9.10 Å². The first kappa shape index (κ1) is 22.5. The van der Waals surface area contributed by atoms with Gasteiger partial charge in [0.25, 0.3) is 0 Å². The standard InChI is InChI=1S/C20H24Cl2N2O3S/c1-3-19(24(28(2,26)27)17-12-10-16(21)11-13-17)20(25)23-14-6-8-15-7-4-5-9-18(15)22/h4-5,7,9-13,19H,3,6,8,14H2,1-2H3,(H,23,25). The number of nitrogens with one attached hydrogen (secondary N) is 1. The van der Waals surface area contributed by atoms with Crippen LogP contribution in [0.5, 0.6) is 0 Å². The van der Waals surface area contributed by atoms with Gasteiger partial charge in [-0.25, -0.2) is 8.42 Å². The molecule has 0 spiro atoms. The number of sulfonamides is 1. The molecule has 0 radical (unpaired) electrons. The van der Waals surface area contributed by atoms with E-state index in [-0.39, 0.29) is 5.91 Å². The minimum absolute atomic E-state index is 0.331. The highest BCUT2D eigenvalue weighted by Gasteiger charge is 2.31. The molecule has 28 heavy (non-hydrogen) atoms. The van der Waals surface area contributed by atoms with Gasteiger partial charge in [-0.05, 0) is 55.2 Å². The lowest BCUT2D eigenvalue weighted by atomic mass is 10.1. The molecule has 2 aromatic rings. The average molecular weight is 443 g/mol. The van der Waals surface area contributed by atoms with E-state index >= 15 is 0 Å². The van der Waals surface area contributed by atoms with Crippen LogP contribution in [0.25, 0.3) is 0 Å². The Morgan fingerprint density at radius 3 is 2.32 bits per heavy atom. The van der Waals surface area contributed by atoms with Crippen molar-refractivity contribution in [1.29, 1.82) is 0 Å². The van der Waals surface area contributed by atoms with Crippen molar-refractivity contribution in [2.24, 2.45) is 0 Å². The quantitative estimate of drug-likeness (QED) is 0.588. The summed E-state index contributed by atoms with van der Waals surface area (Å²) in [6, 6.07) is 13.1. The van der Waals surface area contributed by atoms with E-state index in [9.17, 15) is 13.2 Å². The summed E-state index contributed by atoms with van der Waals surface area (Å²) < 4.78 is 25.9. The summed E-state index contributed by atoms with van der Waals surface area (Å²) in [6.07, 6.45) is 2.86. The second-order valence-corrected chi connectivity index (χ2v) is 9.15. The van der Waals surface area contributed by atoms with E-state index in [1.165, 1.54) is 0 Å². The fraction of sp³-hybridized carbons (Fsp3) is 0.350. The van der Waals surface area contributed by atoms with Crippen LogP contribution >= 0.6 is 23.2 Å². The molecule has 0 aliphatic rings. The molecule has 0 saturated carbocycles. The average Bonchev–Trinajstić information content (AvgIpc) is 2.64. The van der Waals surface area contributed by atoms with Crippen LogP contribution in [-0.4, -0.2) is 33.2 Å². The minimum Gasteiger partial charge on any atom is -0.354 e. The Kier molecular flexibility index (Phi) is 8.16. The monoisotopic (exact) mass is 442 g/mol. The van der Waals surface area contributed by atoms with Crippen molar-refractivity contribution in [3.63, 3.8) is 0 Å². The summed E-state index contributed by atoms with van der Waals surface area (Å²) in [7, 11) is -3.65. The van der Waals surface area contributed by atoms with Crippen molar-refractivity contribution in [2.75, 3.05) is 17.1 Å². The maximum Gasteiger partial charge on any atom is 0.243 e. The van der Waals surface area contributed by atoms with E-state index in [0.29, 0.717) is 35.1 Å². The molecule has 0 saturated heterocycles. The molecule has 2 aromatic carbocycles. The normalized spacial score (nSPS) is 12.4. The van der Waals surface area contributed by atoms with Crippen LogP contribution in [0, 0.1) is 0 Å². The molecule has 0 aliphatic carbocycles. The third-order valence-corrected chi connectivity index (χ3v) is 6.09. The Morgan fingerprint density at radius 1 is 1.11 bits per heavy atom. The van der Waals surface area contributed by atoms with Crippen LogP contribution in [0.2, 0.25) is 10.0 Å². The molecular weight excluding hydrogens is 419 g/mol. The van der Waals surface area contributed by atoms with Gasteiger partial charge in [0, 0.05) is 16.6 Å². The van der Waals surface area contributed by atoms with Crippen LogP contribution in [0.1, 0.15) is 25.3 Å². The second-order valence-electron chi connectivity index (χ2n) is 6.45. The third kappa shape index (κ3) is 6.12. The van der Waals surface area contributed by atoms with Gasteiger partial charge in [-0.2, -0.15) is 0 Å². The van der Waals surface area contributed by atoms with Crippen molar-refractivity contribution >= 4 is 44.8 Å². The highest BCUT2D eigenvalue weighted by Crippen LogP contribution is 2.24. The number of halogens is 2. The molecule has 1 amide bonds. The number of carbonyl (C=O) groups is 1. The van der Waals surface area contributed by atoms with Gasteiger partial charge in [-0.1, -0.05) is 48.3 Å². The van der Waals surface area contributed by atoms with Crippen molar-refractivity contribution in [3.8, 4) is 0 Å². The Hall–Kier alpha value is -1.76. The number of aryl methyl sites for hydroxylation is 1. The van der Waals surface area contributed by atoms with E-state index in [1.807, 2.05) is 24.3 Å². The molecule has 8 heteroatoms. The van der Waals surface area contributed by atoms with Crippen molar-refractivity contribution in [2.45, 2.75) is 32.2 Å². The van der Waals surface area contributed by atoms with E-state index in [2.05, 4.69) is 5.32 Å². The minimum atomic E-state index is -3.65. The summed E-state index contributed by atoms with van der Waals surface area (Å²) in [5.74, 6) is -0.331. The molecule has 5 nitrogen and oxygen atoms in total. The predicted molar refractivity (Wildman–Crippen MR) is 116 cm³/mol. The zero-order valence-corrected chi connectivity index (χ0v) is 18.2. The number of nitrogens with zero attached hydrogens (tertiary/aromatic N) is 1. The summed E-state index contributed by atoms with van der Waals surface area (Å²) in [5, 5.41) is 4.04. The number of rotatable bonds is 9. The molecule has 1 unspecified atom stereocenters. The molecule has 1 N–H and O–H groups in total. The van der Waals surface area contributed by atoms with Gasteiger partial charge in [0.1, 0.15) is 6.04 Å². The maximum absolute atomic E-state index is 12.7. The molecule has 0 heterocycles. The highest BCUT2D eigenvalue weighted by molar-refractivity contribution is 7.92. The molecule has 0 fully saturated rings. The molecule has 2 rings (SSSR count). The van der Waals surface area contributed by atoms with Crippen LogP contribution < -0.4 is 9.62 Å². The van der Waals surface area contributed by atoms with E-state index in [0.717, 1.165) is 22.5 Å². The van der Waals surface area contributed by atoms with Gasteiger partial charge >= 0.3 is 0 Å². The first-order chi connectivity index (χ1) is 13.2. The Labute approximate surface area is 176 Å². The summed E-state index contributed by atoms with van der Waals surface area (Å²) >= 11 is 12.0. The van der Waals surface area contributed by atoms with Gasteiger partial charge in [-0.15, -0.1) is 0 Å². The Balaban J connectivity index is 2.05. The van der Waals surface area contributed by atoms with Crippen LogP contribution in [0.15, 0.2) is 48.5 Å². The highest BCUT2D eigenvalue weighted by atomic mass is 35.5. The van der Waals surface area contributed by atoms with Crippen molar-refractivity contribution in [3.05, 3.63) is 64.1 Å². The predicted octanol–water partition coefficient (Wildman–Crippen LogP) is 4.29. The number of carbonyl (C=O) groups excluding carboxylic acids is 1. The van der Waals surface area contributed by atoms with Gasteiger partial charge in [0.2, 0.25) is 15.9 Å². The number of hydrogen-bond acceptors (Lipinski definition) is 3. The van der Waals surface area contributed by atoms with E-state index in [4.69, 9.17) is 23.2 Å². The number of anilines is 1.